The van der Waals surface area contributed by atoms with E-state index in [2.05, 4.69) is 16.0 Å². The molecule has 0 bridgehead atoms. The van der Waals surface area contributed by atoms with Gasteiger partial charge in [0, 0.05) is 0 Å². The molecule has 13 heteroatoms. The van der Waals surface area contributed by atoms with Crippen molar-refractivity contribution < 1.29 is 39.3 Å². The van der Waals surface area contributed by atoms with Gasteiger partial charge in [-0.15, -0.1) is 0 Å². The van der Waals surface area contributed by atoms with E-state index in [0.29, 0.717) is 0 Å². The van der Waals surface area contributed by atoms with E-state index in [-0.39, 0.29) is 0 Å². The maximum absolute atomic E-state index is 12.5. The monoisotopic (exact) mass is 433 g/mol. The van der Waals surface area contributed by atoms with Gasteiger partial charge in [0.1, 0.15) is 18.1 Å². The molecule has 6 unspecified atom stereocenters. The highest BCUT2D eigenvalue weighted by Crippen LogP contribution is 2.05. The number of carboxylic acids is 1. The molecule has 6 atom stereocenters. The summed E-state index contributed by atoms with van der Waals surface area (Å²) in [6.45, 7) is 5.49. The lowest BCUT2D eigenvalue weighted by molar-refractivity contribution is -0.144. The van der Waals surface area contributed by atoms with E-state index in [9.17, 15) is 39.3 Å². The van der Waals surface area contributed by atoms with E-state index in [4.69, 9.17) is 11.5 Å². The van der Waals surface area contributed by atoms with Gasteiger partial charge in [-0.05, 0) is 19.8 Å². The average molecular weight is 433 g/mol. The number of hydrogen-bond acceptors (Lipinski definition) is 8. The van der Waals surface area contributed by atoms with Gasteiger partial charge in [0.2, 0.25) is 23.6 Å². The summed E-state index contributed by atoms with van der Waals surface area (Å²) in [7, 11) is 0. The molecule has 0 aliphatic carbocycles. The van der Waals surface area contributed by atoms with Gasteiger partial charge in [0.05, 0.1) is 24.7 Å². The van der Waals surface area contributed by atoms with E-state index in [1.54, 1.807) is 13.8 Å². The third kappa shape index (κ3) is 8.71. The molecule has 13 nitrogen and oxygen atoms in total. The Balaban J connectivity index is 5.36. The van der Waals surface area contributed by atoms with Crippen LogP contribution in [0, 0.1) is 5.92 Å². The normalized spacial score (nSPS) is 17.1. The van der Waals surface area contributed by atoms with Crippen LogP contribution < -0.4 is 27.4 Å². The number of aliphatic carboxylic acids is 1. The molecule has 0 aromatic rings. The van der Waals surface area contributed by atoms with Crippen LogP contribution in [0.15, 0.2) is 0 Å². The Morgan fingerprint density at radius 3 is 1.43 bits per heavy atom. The molecule has 0 aliphatic rings. The minimum absolute atomic E-state index is 0.479. The summed E-state index contributed by atoms with van der Waals surface area (Å²) in [5.41, 5.74) is 10.4. The molecule has 0 aliphatic heterocycles. The fourth-order valence-corrected chi connectivity index (χ4v) is 2.38. The van der Waals surface area contributed by atoms with Crippen LogP contribution in [0.3, 0.4) is 0 Å². The fourth-order valence-electron chi connectivity index (χ4n) is 2.38. The third-order valence-corrected chi connectivity index (χ3v) is 4.11. The molecule has 172 valence electrons. The van der Waals surface area contributed by atoms with Gasteiger partial charge in [-0.3, -0.25) is 19.2 Å². The minimum Gasteiger partial charge on any atom is -0.480 e. The molecule has 0 fully saturated rings. The number of rotatable bonds is 12. The van der Waals surface area contributed by atoms with Gasteiger partial charge in [-0.25, -0.2) is 4.79 Å². The number of amides is 4. The van der Waals surface area contributed by atoms with Gasteiger partial charge >= 0.3 is 5.97 Å². The first-order chi connectivity index (χ1) is 13.7. The summed E-state index contributed by atoms with van der Waals surface area (Å²) in [4.78, 5) is 59.1. The largest absolute Gasteiger partial charge is 0.480 e. The van der Waals surface area contributed by atoms with E-state index < -0.39 is 78.3 Å². The number of nitrogens with one attached hydrogen (secondary N) is 3. The molecule has 30 heavy (non-hydrogen) atoms. The topological polar surface area (TPSA) is 234 Å². The van der Waals surface area contributed by atoms with Crippen molar-refractivity contribution >= 4 is 29.6 Å². The Morgan fingerprint density at radius 1 is 0.767 bits per heavy atom. The standard InChI is InChI=1S/C17H31N5O8/c1-6(2)11(17(29)30)20-15(27)13(8(4)24)22-16(28)12(7(3)23)21-14(26)9(18)5-10(19)25/h6-9,11-13,23-24H,5,18H2,1-4H3,(H2,19,25)(H,20,27)(H,21,26)(H,22,28)(H,29,30). The summed E-state index contributed by atoms with van der Waals surface area (Å²) in [5, 5.41) is 35.4. The molecule has 0 saturated heterocycles. The smallest absolute Gasteiger partial charge is 0.326 e. The zero-order valence-corrected chi connectivity index (χ0v) is 17.3. The van der Waals surface area contributed by atoms with Crippen LogP contribution in [0.2, 0.25) is 0 Å². The van der Waals surface area contributed by atoms with Gasteiger partial charge in [0.15, 0.2) is 0 Å². The highest BCUT2D eigenvalue weighted by molar-refractivity contribution is 5.95. The molecule has 0 rings (SSSR count). The summed E-state index contributed by atoms with van der Waals surface area (Å²) < 4.78 is 0. The van der Waals surface area contributed by atoms with Crippen molar-refractivity contribution in [3.8, 4) is 0 Å². The summed E-state index contributed by atoms with van der Waals surface area (Å²) in [5.74, 6) is -5.58. The minimum atomic E-state index is -1.58. The second kappa shape index (κ2) is 12.0. The second-order valence-corrected chi connectivity index (χ2v) is 7.30. The Bertz CT molecular complexity index is 652. The molecular formula is C17H31N5O8. The Labute approximate surface area is 173 Å². The predicted octanol–water partition coefficient (Wildman–Crippen LogP) is -3.85. The van der Waals surface area contributed by atoms with Gasteiger partial charge < -0.3 is 42.7 Å². The number of aliphatic hydroxyl groups excluding tert-OH is 2. The van der Waals surface area contributed by atoms with Crippen molar-refractivity contribution in [2.75, 3.05) is 0 Å². The van der Waals surface area contributed by atoms with E-state index in [0.717, 1.165) is 0 Å². The van der Waals surface area contributed by atoms with Crippen LogP contribution >= 0.6 is 0 Å². The fraction of sp³-hybridized carbons (Fsp3) is 0.706. The van der Waals surface area contributed by atoms with Crippen LogP contribution in [0.1, 0.15) is 34.1 Å². The molecule has 0 aromatic carbocycles. The van der Waals surface area contributed by atoms with Crippen molar-refractivity contribution in [1.82, 2.24) is 16.0 Å². The summed E-state index contributed by atoms with van der Waals surface area (Å²) in [6, 6.07) is -5.79. The van der Waals surface area contributed by atoms with Crippen molar-refractivity contribution in [2.45, 2.75) is 70.5 Å². The molecule has 4 amide bonds. The number of hydrogen-bond donors (Lipinski definition) is 8. The van der Waals surface area contributed by atoms with Crippen LogP contribution in [-0.2, 0) is 24.0 Å². The van der Waals surface area contributed by atoms with Crippen LogP contribution in [0.25, 0.3) is 0 Å². The van der Waals surface area contributed by atoms with Crippen LogP contribution in [0.4, 0.5) is 0 Å². The summed E-state index contributed by atoms with van der Waals surface area (Å²) >= 11 is 0. The highest BCUT2D eigenvalue weighted by atomic mass is 16.4. The van der Waals surface area contributed by atoms with Crippen LogP contribution in [0.5, 0.6) is 0 Å². The molecule has 0 saturated carbocycles. The number of nitrogens with two attached hydrogens (primary N) is 2. The Kier molecular flexibility index (Phi) is 10.9. The molecule has 0 heterocycles. The average Bonchev–Trinajstić information content (AvgIpc) is 2.59. The zero-order valence-electron chi connectivity index (χ0n) is 17.3. The predicted molar refractivity (Wildman–Crippen MR) is 103 cm³/mol. The van der Waals surface area contributed by atoms with Gasteiger partial charge in [0.25, 0.3) is 0 Å². The lowest BCUT2D eigenvalue weighted by atomic mass is 10.0. The third-order valence-electron chi connectivity index (χ3n) is 4.11. The highest BCUT2D eigenvalue weighted by Gasteiger charge is 2.35. The zero-order chi connectivity index (χ0) is 23.8. The Hall–Kier alpha value is -2.77. The lowest BCUT2D eigenvalue weighted by Gasteiger charge is -2.28. The van der Waals surface area contributed by atoms with Gasteiger partial charge in [-0.2, -0.15) is 0 Å². The number of aliphatic hydroxyl groups is 2. The first kappa shape index (κ1) is 27.2. The van der Waals surface area contributed by atoms with Crippen molar-refractivity contribution in [3.05, 3.63) is 0 Å². The molecule has 0 aromatic heterocycles. The molecular weight excluding hydrogens is 402 g/mol. The van der Waals surface area contributed by atoms with Gasteiger partial charge in [-0.1, -0.05) is 13.8 Å². The molecule has 0 radical (unpaired) electrons. The second-order valence-electron chi connectivity index (χ2n) is 7.30. The number of carbonyl (C=O) groups excluding carboxylic acids is 4. The SMILES string of the molecule is CC(C)C(NC(=O)C(NC(=O)C(NC(=O)C(N)CC(N)=O)C(C)O)C(C)O)C(=O)O. The maximum Gasteiger partial charge on any atom is 0.326 e. The lowest BCUT2D eigenvalue weighted by Crippen LogP contribution is -2.62. The van der Waals surface area contributed by atoms with E-state index in [1.807, 2.05) is 0 Å². The van der Waals surface area contributed by atoms with E-state index in [1.165, 1.54) is 13.8 Å². The first-order valence-electron chi connectivity index (χ1n) is 9.22. The quantitative estimate of drug-likeness (QED) is 0.150. The van der Waals surface area contributed by atoms with Crippen molar-refractivity contribution in [2.24, 2.45) is 17.4 Å². The van der Waals surface area contributed by atoms with Crippen LogP contribution in [-0.4, -0.2) is 81.3 Å². The Morgan fingerprint density at radius 2 is 1.13 bits per heavy atom. The summed E-state index contributed by atoms with van der Waals surface area (Å²) in [6.07, 6.45) is -3.36. The number of primary amides is 1. The van der Waals surface area contributed by atoms with E-state index >= 15 is 0 Å². The number of carbonyl (C=O) groups is 5. The first-order valence-corrected chi connectivity index (χ1v) is 9.22. The van der Waals surface area contributed by atoms with Crippen molar-refractivity contribution in [1.29, 1.82) is 0 Å². The molecule has 0 spiro atoms. The molecule has 10 N–H and O–H groups in total. The van der Waals surface area contributed by atoms with Crippen molar-refractivity contribution in [3.63, 3.8) is 0 Å². The number of carboxylic acid groups (broad SMARTS) is 1. The maximum atomic E-state index is 12.5.